The Morgan fingerprint density at radius 2 is 2.10 bits per heavy atom. The van der Waals surface area contributed by atoms with Gasteiger partial charge >= 0.3 is 0 Å². The maximum atomic E-state index is 12.8. The second-order valence-corrected chi connectivity index (χ2v) is 8.24. The van der Waals surface area contributed by atoms with Crippen LogP contribution in [0.25, 0.3) is 22.4 Å². The van der Waals surface area contributed by atoms with Gasteiger partial charge in [-0.05, 0) is 48.2 Å². The minimum atomic E-state index is -0.200. The second kappa shape index (κ2) is 8.62. The molecule has 0 unspecified atom stereocenters. The smallest absolute Gasteiger partial charge is 0.291 e. The molecule has 7 nitrogen and oxygen atoms in total. The van der Waals surface area contributed by atoms with E-state index in [1.165, 1.54) is 15.9 Å². The topological polar surface area (TPSA) is 78.6 Å². The third-order valence-corrected chi connectivity index (χ3v) is 5.50. The highest BCUT2D eigenvalue weighted by Crippen LogP contribution is 2.28. The number of benzene rings is 1. The highest BCUT2D eigenvalue weighted by atomic mass is 32.1. The second-order valence-electron chi connectivity index (χ2n) is 7.23. The maximum absolute atomic E-state index is 12.8. The Labute approximate surface area is 177 Å². The monoisotopic (exact) mass is 422 g/mol. The van der Waals surface area contributed by atoms with E-state index in [1.54, 1.807) is 19.5 Å². The van der Waals surface area contributed by atoms with Gasteiger partial charge in [-0.3, -0.25) is 9.78 Å². The third kappa shape index (κ3) is 4.18. The number of nitrogens with zero attached hydrogens (tertiary/aromatic N) is 4. The number of thiazole rings is 1. The maximum Gasteiger partial charge on any atom is 0.291 e. The molecular weight excluding hydrogens is 400 g/mol. The molecule has 3 heterocycles. The van der Waals surface area contributed by atoms with Gasteiger partial charge in [0.1, 0.15) is 0 Å². The van der Waals surface area contributed by atoms with Gasteiger partial charge in [0.05, 0.1) is 18.2 Å². The number of rotatable bonds is 7. The lowest BCUT2D eigenvalue weighted by Crippen LogP contribution is -2.23. The number of fused-ring (bicyclic) bond motifs is 1. The van der Waals surface area contributed by atoms with E-state index in [9.17, 15) is 4.79 Å². The molecule has 3 aromatic heterocycles. The Morgan fingerprint density at radius 1 is 1.23 bits per heavy atom. The van der Waals surface area contributed by atoms with E-state index < -0.39 is 0 Å². The molecule has 0 radical (unpaired) electrons. The molecule has 154 valence electrons. The van der Waals surface area contributed by atoms with Crippen LogP contribution in [0.5, 0.6) is 11.5 Å². The summed E-state index contributed by atoms with van der Waals surface area (Å²) in [6, 6.07) is 9.31. The van der Waals surface area contributed by atoms with Crippen molar-refractivity contribution in [3.63, 3.8) is 0 Å². The Balaban J connectivity index is 1.63. The van der Waals surface area contributed by atoms with Gasteiger partial charge in [0.2, 0.25) is 4.96 Å². The minimum Gasteiger partial charge on any atom is -0.493 e. The molecule has 0 fully saturated rings. The largest absolute Gasteiger partial charge is 0.493 e. The van der Waals surface area contributed by atoms with Gasteiger partial charge in [0, 0.05) is 18.0 Å². The predicted molar refractivity (Wildman–Crippen MR) is 117 cm³/mol. The molecule has 0 aliphatic heterocycles. The molecule has 0 N–H and O–H groups in total. The fourth-order valence-corrected chi connectivity index (χ4v) is 3.81. The van der Waals surface area contributed by atoms with Crippen molar-refractivity contribution in [3.8, 4) is 22.9 Å². The van der Waals surface area contributed by atoms with Crippen molar-refractivity contribution in [3.05, 3.63) is 63.2 Å². The molecule has 1 aromatic carbocycles. The Hall–Kier alpha value is -3.26. The third-order valence-electron chi connectivity index (χ3n) is 4.54. The van der Waals surface area contributed by atoms with Crippen LogP contribution in [0.2, 0.25) is 0 Å². The van der Waals surface area contributed by atoms with E-state index in [2.05, 4.69) is 28.9 Å². The van der Waals surface area contributed by atoms with Gasteiger partial charge in [0.25, 0.3) is 5.56 Å². The van der Waals surface area contributed by atoms with Gasteiger partial charge in [-0.15, -0.1) is 5.10 Å². The van der Waals surface area contributed by atoms with Crippen molar-refractivity contribution < 1.29 is 9.47 Å². The standard InChI is InChI=1S/C22H22N4O3S/c1-14(2)8-10-29-17-7-6-15(11-18(17)28-3)12-19-21(27)26-22(30-19)24-20(25-26)16-5-4-9-23-13-16/h4-7,9,11-14H,8,10H2,1-3H3/b19-12+. The van der Waals surface area contributed by atoms with Gasteiger partial charge in [0.15, 0.2) is 17.3 Å². The first-order valence-electron chi connectivity index (χ1n) is 9.67. The summed E-state index contributed by atoms with van der Waals surface area (Å²) >= 11 is 1.30. The van der Waals surface area contributed by atoms with Gasteiger partial charge in [-0.2, -0.15) is 9.50 Å². The van der Waals surface area contributed by atoms with E-state index in [-0.39, 0.29) is 5.56 Å². The molecule has 0 saturated carbocycles. The lowest BCUT2D eigenvalue weighted by molar-refractivity contribution is 0.273. The van der Waals surface area contributed by atoms with Crippen LogP contribution >= 0.6 is 11.3 Å². The predicted octanol–water partition coefficient (Wildman–Crippen LogP) is 3.19. The number of pyridine rings is 1. The summed E-state index contributed by atoms with van der Waals surface area (Å²) in [6.45, 7) is 4.95. The number of hydrogen-bond acceptors (Lipinski definition) is 7. The molecule has 0 spiro atoms. The van der Waals surface area contributed by atoms with Crippen molar-refractivity contribution in [2.24, 2.45) is 5.92 Å². The Morgan fingerprint density at radius 3 is 2.80 bits per heavy atom. The molecule has 0 saturated heterocycles. The molecule has 4 rings (SSSR count). The van der Waals surface area contributed by atoms with Crippen molar-refractivity contribution in [1.29, 1.82) is 0 Å². The van der Waals surface area contributed by atoms with E-state index >= 15 is 0 Å². The zero-order valence-corrected chi connectivity index (χ0v) is 17.8. The van der Waals surface area contributed by atoms with E-state index in [0.717, 1.165) is 17.5 Å². The zero-order chi connectivity index (χ0) is 21.1. The van der Waals surface area contributed by atoms with Gasteiger partial charge in [-0.1, -0.05) is 31.3 Å². The molecular formula is C22H22N4O3S. The van der Waals surface area contributed by atoms with Crippen molar-refractivity contribution in [2.45, 2.75) is 20.3 Å². The molecule has 0 amide bonds. The van der Waals surface area contributed by atoms with Crippen molar-refractivity contribution in [1.82, 2.24) is 19.6 Å². The van der Waals surface area contributed by atoms with Crippen molar-refractivity contribution in [2.75, 3.05) is 13.7 Å². The summed E-state index contributed by atoms with van der Waals surface area (Å²) in [6.07, 6.45) is 6.14. The summed E-state index contributed by atoms with van der Waals surface area (Å²) in [7, 11) is 1.61. The first kappa shape index (κ1) is 20.0. The zero-order valence-electron chi connectivity index (χ0n) is 17.0. The quantitative estimate of drug-likeness (QED) is 0.455. The van der Waals surface area contributed by atoms with Crippen LogP contribution in [-0.2, 0) is 0 Å². The molecule has 0 aliphatic carbocycles. The molecule has 0 aliphatic rings. The van der Waals surface area contributed by atoms with Gasteiger partial charge < -0.3 is 9.47 Å². The summed E-state index contributed by atoms with van der Waals surface area (Å²) in [5, 5.41) is 4.34. The lowest BCUT2D eigenvalue weighted by atomic mass is 10.1. The average molecular weight is 423 g/mol. The van der Waals surface area contributed by atoms with E-state index in [0.29, 0.717) is 39.3 Å². The fraction of sp³-hybridized carbons (Fsp3) is 0.273. The summed E-state index contributed by atoms with van der Waals surface area (Å²) in [5.41, 5.74) is 1.42. The Bertz CT molecular complexity index is 1270. The van der Waals surface area contributed by atoms with E-state index in [1.807, 2.05) is 36.4 Å². The van der Waals surface area contributed by atoms with Crippen LogP contribution in [0, 0.1) is 5.92 Å². The van der Waals surface area contributed by atoms with Crippen LogP contribution in [0.4, 0.5) is 0 Å². The number of ether oxygens (including phenoxy) is 2. The number of aromatic nitrogens is 4. The highest BCUT2D eigenvalue weighted by molar-refractivity contribution is 7.15. The summed E-state index contributed by atoms with van der Waals surface area (Å²) in [4.78, 5) is 21.9. The molecule has 0 atom stereocenters. The average Bonchev–Trinajstić information content (AvgIpc) is 3.29. The molecule has 4 aromatic rings. The molecule has 8 heteroatoms. The highest BCUT2D eigenvalue weighted by Gasteiger charge is 2.12. The molecule has 0 bridgehead atoms. The lowest BCUT2D eigenvalue weighted by Gasteiger charge is -2.12. The van der Waals surface area contributed by atoms with Crippen LogP contribution in [0.1, 0.15) is 25.8 Å². The normalized spacial score (nSPS) is 12.1. The first-order valence-corrected chi connectivity index (χ1v) is 10.5. The van der Waals surface area contributed by atoms with E-state index in [4.69, 9.17) is 9.47 Å². The summed E-state index contributed by atoms with van der Waals surface area (Å²) in [5.74, 6) is 2.39. The van der Waals surface area contributed by atoms with Crippen LogP contribution in [0.3, 0.4) is 0 Å². The van der Waals surface area contributed by atoms with Gasteiger partial charge in [-0.25, -0.2) is 0 Å². The SMILES string of the molecule is COc1cc(/C=c2/sc3nc(-c4cccnc4)nn3c2=O)ccc1OCCC(C)C. The Kier molecular flexibility index (Phi) is 5.76. The van der Waals surface area contributed by atoms with Crippen LogP contribution < -0.4 is 19.6 Å². The molecule has 30 heavy (non-hydrogen) atoms. The van der Waals surface area contributed by atoms with Crippen LogP contribution in [0.15, 0.2) is 47.5 Å². The fourth-order valence-electron chi connectivity index (χ4n) is 2.90. The summed E-state index contributed by atoms with van der Waals surface area (Å²) < 4.78 is 13.2. The minimum absolute atomic E-state index is 0.200. The number of methoxy groups -OCH3 is 1. The van der Waals surface area contributed by atoms with Crippen molar-refractivity contribution >= 4 is 22.4 Å². The first-order chi connectivity index (χ1) is 14.5. The number of hydrogen-bond donors (Lipinski definition) is 0. The van der Waals surface area contributed by atoms with Crippen LogP contribution in [-0.4, -0.2) is 33.3 Å².